The van der Waals surface area contributed by atoms with Crippen LogP contribution < -0.4 is 0 Å². The van der Waals surface area contributed by atoms with Crippen molar-refractivity contribution in [3.8, 4) is 0 Å². The van der Waals surface area contributed by atoms with E-state index in [4.69, 9.17) is 0 Å². The number of hydrogen-bond donors (Lipinski definition) is 0. The number of carbonyl (C=O) groups excluding carboxylic acids is 1. The highest BCUT2D eigenvalue weighted by atomic mass is 32.2. The molecule has 1 fully saturated rings. The van der Waals surface area contributed by atoms with Gasteiger partial charge in [0.25, 0.3) is 0 Å². The van der Waals surface area contributed by atoms with E-state index in [1.807, 2.05) is 31.2 Å². The van der Waals surface area contributed by atoms with Crippen LogP contribution in [0.25, 0.3) is 6.08 Å². The van der Waals surface area contributed by atoms with Crippen LogP contribution in [-0.2, 0) is 21.9 Å². The Labute approximate surface area is 166 Å². The topological polar surface area (TPSA) is 75.5 Å². The van der Waals surface area contributed by atoms with Crippen LogP contribution in [0.2, 0.25) is 0 Å². The fraction of sp³-hybridized carbons (Fsp3) is 0.400. The van der Waals surface area contributed by atoms with Crippen molar-refractivity contribution in [2.75, 3.05) is 26.2 Å². The number of carbonyl (C=O) groups is 1. The van der Waals surface area contributed by atoms with E-state index in [1.54, 1.807) is 42.6 Å². The maximum Gasteiger partial charge on any atom is 0.246 e. The number of nitrogens with zero attached hydrogens (tertiary/aromatic N) is 4. The summed E-state index contributed by atoms with van der Waals surface area (Å²) in [5.41, 5.74) is 3.25. The predicted octanol–water partition coefficient (Wildman–Crippen LogP) is 1.89. The SMILES string of the molecule is Cc1ccc(/C=C/C(=O)N2CCN(S(=O)(=O)c3c(C)nn(C)c3C)CC2)cc1. The van der Waals surface area contributed by atoms with Crippen LogP contribution in [0.3, 0.4) is 0 Å². The number of piperazine rings is 1. The van der Waals surface area contributed by atoms with Crippen molar-refractivity contribution in [2.45, 2.75) is 25.7 Å². The summed E-state index contributed by atoms with van der Waals surface area (Å²) in [5.74, 6) is -0.105. The Balaban J connectivity index is 1.65. The van der Waals surface area contributed by atoms with Gasteiger partial charge in [-0.05, 0) is 32.4 Å². The molecule has 0 bridgehead atoms. The lowest BCUT2D eigenvalue weighted by Gasteiger charge is -2.33. The average molecular weight is 403 g/mol. The molecule has 0 saturated carbocycles. The molecule has 2 heterocycles. The van der Waals surface area contributed by atoms with E-state index in [9.17, 15) is 13.2 Å². The minimum Gasteiger partial charge on any atom is -0.337 e. The highest BCUT2D eigenvalue weighted by molar-refractivity contribution is 7.89. The summed E-state index contributed by atoms with van der Waals surface area (Å²) in [4.78, 5) is 14.4. The molecule has 0 radical (unpaired) electrons. The molecule has 1 aromatic carbocycles. The zero-order chi connectivity index (χ0) is 20.5. The molecule has 0 N–H and O–H groups in total. The minimum atomic E-state index is -3.62. The predicted molar refractivity (Wildman–Crippen MR) is 108 cm³/mol. The Morgan fingerprint density at radius 2 is 1.64 bits per heavy atom. The van der Waals surface area contributed by atoms with Gasteiger partial charge in [-0.25, -0.2) is 8.42 Å². The number of aryl methyl sites for hydroxylation is 3. The second-order valence-corrected chi connectivity index (χ2v) is 8.97. The second-order valence-electron chi connectivity index (χ2n) is 7.10. The maximum atomic E-state index is 13.0. The molecule has 0 spiro atoms. The van der Waals surface area contributed by atoms with Gasteiger partial charge in [0.2, 0.25) is 15.9 Å². The molecule has 1 amide bonds. The monoisotopic (exact) mass is 402 g/mol. The van der Waals surface area contributed by atoms with Gasteiger partial charge in [-0.15, -0.1) is 0 Å². The summed E-state index contributed by atoms with van der Waals surface area (Å²) in [6.45, 7) is 6.77. The van der Waals surface area contributed by atoms with E-state index in [-0.39, 0.29) is 23.9 Å². The summed E-state index contributed by atoms with van der Waals surface area (Å²) in [6.07, 6.45) is 3.33. The first-order valence-corrected chi connectivity index (χ1v) is 10.7. The first-order valence-electron chi connectivity index (χ1n) is 9.24. The van der Waals surface area contributed by atoms with Crippen molar-refractivity contribution in [1.29, 1.82) is 0 Å². The van der Waals surface area contributed by atoms with E-state index < -0.39 is 10.0 Å². The van der Waals surface area contributed by atoms with Crippen molar-refractivity contribution < 1.29 is 13.2 Å². The number of sulfonamides is 1. The summed E-state index contributed by atoms with van der Waals surface area (Å²) in [6, 6.07) is 7.91. The molecule has 1 aliphatic heterocycles. The minimum absolute atomic E-state index is 0.105. The van der Waals surface area contributed by atoms with Crippen LogP contribution in [-0.4, -0.2) is 59.5 Å². The van der Waals surface area contributed by atoms with E-state index in [0.29, 0.717) is 24.5 Å². The molecule has 0 unspecified atom stereocenters. The highest BCUT2D eigenvalue weighted by Gasteiger charge is 2.33. The first kappa shape index (κ1) is 20.3. The number of hydrogen-bond acceptors (Lipinski definition) is 4. The third kappa shape index (κ3) is 4.02. The second kappa shape index (κ2) is 7.89. The lowest BCUT2D eigenvalue weighted by molar-refractivity contribution is -0.127. The van der Waals surface area contributed by atoms with Crippen LogP contribution in [0.1, 0.15) is 22.5 Å². The molecule has 3 rings (SSSR count). The molecule has 150 valence electrons. The van der Waals surface area contributed by atoms with Gasteiger partial charge in [0.05, 0.1) is 11.4 Å². The molecular weight excluding hydrogens is 376 g/mol. The van der Waals surface area contributed by atoms with Gasteiger partial charge in [-0.2, -0.15) is 9.40 Å². The van der Waals surface area contributed by atoms with Crippen molar-refractivity contribution in [1.82, 2.24) is 19.0 Å². The molecule has 1 saturated heterocycles. The van der Waals surface area contributed by atoms with Gasteiger partial charge >= 0.3 is 0 Å². The first-order chi connectivity index (χ1) is 13.2. The zero-order valence-corrected chi connectivity index (χ0v) is 17.5. The molecule has 0 aliphatic carbocycles. The summed E-state index contributed by atoms with van der Waals surface area (Å²) < 4.78 is 29.0. The molecule has 7 nitrogen and oxygen atoms in total. The maximum absolute atomic E-state index is 13.0. The van der Waals surface area contributed by atoms with Crippen molar-refractivity contribution in [3.05, 3.63) is 52.9 Å². The Hall–Kier alpha value is -2.45. The van der Waals surface area contributed by atoms with Crippen molar-refractivity contribution in [2.24, 2.45) is 7.05 Å². The fourth-order valence-corrected chi connectivity index (χ4v) is 5.18. The van der Waals surface area contributed by atoms with Gasteiger partial charge < -0.3 is 4.90 Å². The molecule has 0 atom stereocenters. The van der Waals surface area contributed by atoms with Gasteiger partial charge in [0.1, 0.15) is 4.90 Å². The standard InChI is InChI=1S/C20H26N4O3S/c1-15-5-7-18(8-6-15)9-10-19(25)23-11-13-24(14-12-23)28(26,27)20-16(2)21-22(4)17(20)3/h5-10H,11-14H2,1-4H3/b10-9+. The average Bonchev–Trinajstić information content (AvgIpc) is 2.93. The Morgan fingerprint density at radius 3 is 2.18 bits per heavy atom. The number of rotatable bonds is 4. The summed E-state index contributed by atoms with van der Waals surface area (Å²) in [5, 5.41) is 4.21. The molecular formula is C20H26N4O3S. The summed E-state index contributed by atoms with van der Waals surface area (Å²) >= 11 is 0. The van der Waals surface area contributed by atoms with Gasteiger partial charge in [-0.1, -0.05) is 29.8 Å². The zero-order valence-electron chi connectivity index (χ0n) is 16.7. The third-order valence-corrected chi connectivity index (χ3v) is 7.24. The van der Waals surface area contributed by atoms with Crippen LogP contribution in [0.15, 0.2) is 35.2 Å². The van der Waals surface area contributed by atoms with Gasteiger partial charge in [-0.3, -0.25) is 9.48 Å². The quantitative estimate of drug-likeness (QED) is 0.732. The molecule has 8 heteroatoms. The van der Waals surface area contributed by atoms with Crippen molar-refractivity contribution in [3.63, 3.8) is 0 Å². The van der Waals surface area contributed by atoms with Gasteiger partial charge in [0, 0.05) is 39.3 Å². The molecule has 2 aromatic rings. The summed E-state index contributed by atoms with van der Waals surface area (Å²) in [7, 11) is -1.88. The van der Waals surface area contributed by atoms with Crippen LogP contribution in [0.4, 0.5) is 0 Å². The lowest BCUT2D eigenvalue weighted by Crippen LogP contribution is -2.50. The Morgan fingerprint density at radius 1 is 1.04 bits per heavy atom. The molecule has 1 aromatic heterocycles. The number of amides is 1. The molecule has 1 aliphatic rings. The van der Waals surface area contributed by atoms with Crippen molar-refractivity contribution >= 4 is 22.0 Å². The number of benzene rings is 1. The largest absolute Gasteiger partial charge is 0.337 e. The van der Waals surface area contributed by atoms with E-state index in [2.05, 4.69) is 5.10 Å². The van der Waals surface area contributed by atoms with E-state index >= 15 is 0 Å². The Bertz CT molecular complexity index is 999. The smallest absolute Gasteiger partial charge is 0.246 e. The normalized spacial score (nSPS) is 16.1. The van der Waals surface area contributed by atoms with Crippen LogP contribution >= 0.6 is 0 Å². The molecule has 28 heavy (non-hydrogen) atoms. The van der Waals surface area contributed by atoms with E-state index in [1.165, 1.54) is 9.87 Å². The van der Waals surface area contributed by atoms with Gasteiger partial charge in [0.15, 0.2) is 0 Å². The Kier molecular flexibility index (Phi) is 5.71. The fourth-order valence-electron chi connectivity index (χ4n) is 3.36. The van der Waals surface area contributed by atoms with Crippen LogP contribution in [0.5, 0.6) is 0 Å². The van der Waals surface area contributed by atoms with Crippen LogP contribution in [0, 0.1) is 20.8 Å². The lowest BCUT2D eigenvalue weighted by atomic mass is 10.1. The number of aromatic nitrogens is 2. The van der Waals surface area contributed by atoms with E-state index in [0.717, 1.165) is 5.56 Å². The highest BCUT2D eigenvalue weighted by Crippen LogP contribution is 2.24. The third-order valence-electron chi connectivity index (χ3n) is 5.09.